The summed E-state index contributed by atoms with van der Waals surface area (Å²) < 4.78 is 0.724. The molecule has 130 valence electrons. The van der Waals surface area contributed by atoms with Crippen LogP contribution in [0.4, 0.5) is 5.13 Å². The number of pyridine rings is 1. The smallest absolute Gasteiger partial charge is 0.233 e. The molecule has 25 heavy (non-hydrogen) atoms. The second-order valence-electron chi connectivity index (χ2n) is 5.92. The molecule has 0 radical (unpaired) electrons. The van der Waals surface area contributed by atoms with Gasteiger partial charge in [0.2, 0.25) is 11.0 Å². The van der Waals surface area contributed by atoms with E-state index >= 15 is 0 Å². The minimum absolute atomic E-state index is 0.181. The van der Waals surface area contributed by atoms with Crippen LogP contribution in [0.1, 0.15) is 13.8 Å². The lowest BCUT2D eigenvalue weighted by Gasteiger charge is -2.18. The van der Waals surface area contributed by atoms with Crippen LogP contribution in [0.15, 0.2) is 39.7 Å². The summed E-state index contributed by atoms with van der Waals surface area (Å²) in [5, 5.41) is 13.0. The Balaban J connectivity index is 1.79. The number of carbonyl (C=O) groups is 1. The first kappa shape index (κ1) is 18.4. The largest absolute Gasteiger partial charge is 0.300 e. The van der Waals surface area contributed by atoms with E-state index in [-0.39, 0.29) is 11.8 Å². The highest BCUT2D eigenvalue weighted by atomic mass is 35.5. The topological polar surface area (TPSA) is 67.8 Å². The highest BCUT2D eigenvalue weighted by molar-refractivity contribution is 8.01. The lowest BCUT2D eigenvalue weighted by Crippen LogP contribution is -2.32. The number of carbonyl (C=O) groups excluding carboxylic acids is 1. The first-order chi connectivity index (χ1) is 11.9. The number of nitrogens with one attached hydrogen (secondary N) is 1. The van der Waals surface area contributed by atoms with Gasteiger partial charge in [0.1, 0.15) is 0 Å². The Labute approximate surface area is 163 Å². The van der Waals surface area contributed by atoms with Gasteiger partial charge < -0.3 is 0 Å². The van der Waals surface area contributed by atoms with Crippen molar-refractivity contribution < 1.29 is 4.79 Å². The fourth-order valence-corrected chi connectivity index (χ4v) is 4.02. The van der Waals surface area contributed by atoms with Crippen molar-refractivity contribution in [2.45, 2.75) is 23.1 Å². The number of anilines is 1. The summed E-state index contributed by atoms with van der Waals surface area (Å²) in [5.41, 5.74) is 0.153. The predicted molar refractivity (Wildman–Crippen MR) is 104 cm³/mol. The van der Waals surface area contributed by atoms with E-state index in [0.717, 1.165) is 20.1 Å². The minimum atomic E-state index is -0.666. The molecular formula is C16H14Cl2N4OS2. The van der Waals surface area contributed by atoms with E-state index in [0.29, 0.717) is 10.2 Å². The van der Waals surface area contributed by atoms with E-state index in [2.05, 4.69) is 20.5 Å². The highest BCUT2D eigenvalue weighted by Crippen LogP contribution is 2.36. The zero-order chi connectivity index (χ0) is 18.0. The standard InChI is InChI=1S/C16H14Cl2N4OS2/c1-16(2,8-17)13(23)20-14-21-22-15(25-14)24-12-5-6-19-11-7-9(18)3-4-10(11)12/h3-7H,8H2,1-2H3,(H,20,21,23). The van der Waals surface area contributed by atoms with Gasteiger partial charge in [0.05, 0.1) is 10.9 Å². The molecule has 3 rings (SSSR count). The van der Waals surface area contributed by atoms with Gasteiger partial charge in [0.15, 0.2) is 4.34 Å². The van der Waals surface area contributed by atoms with Gasteiger partial charge in [-0.3, -0.25) is 15.1 Å². The van der Waals surface area contributed by atoms with Gasteiger partial charge in [-0.05, 0) is 32.0 Å². The van der Waals surface area contributed by atoms with Crippen LogP contribution in [-0.2, 0) is 4.79 Å². The normalized spacial score (nSPS) is 11.7. The Kier molecular flexibility index (Phi) is 5.48. The van der Waals surface area contributed by atoms with Gasteiger partial charge in [-0.25, -0.2) is 0 Å². The lowest BCUT2D eigenvalue weighted by molar-refractivity contribution is -0.122. The number of hydrogen-bond acceptors (Lipinski definition) is 6. The number of benzene rings is 1. The molecule has 5 nitrogen and oxygen atoms in total. The molecule has 9 heteroatoms. The van der Waals surface area contributed by atoms with E-state index in [9.17, 15) is 4.79 Å². The van der Waals surface area contributed by atoms with Gasteiger partial charge in [0, 0.05) is 27.4 Å². The van der Waals surface area contributed by atoms with Crippen LogP contribution in [0.5, 0.6) is 0 Å². The van der Waals surface area contributed by atoms with Crippen LogP contribution < -0.4 is 5.32 Å². The first-order valence-corrected chi connectivity index (χ1v) is 9.86. The molecule has 0 spiro atoms. The molecule has 0 bridgehead atoms. The van der Waals surface area contributed by atoms with Crippen molar-refractivity contribution in [1.29, 1.82) is 0 Å². The fourth-order valence-electron chi connectivity index (χ4n) is 1.91. The van der Waals surface area contributed by atoms with Gasteiger partial charge in [0.25, 0.3) is 0 Å². The number of fused-ring (bicyclic) bond motifs is 1. The Bertz CT molecular complexity index is 929. The molecule has 1 amide bonds. The van der Waals surface area contributed by atoms with E-state index < -0.39 is 5.41 Å². The van der Waals surface area contributed by atoms with Crippen molar-refractivity contribution in [2.75, 3.05) is 11.2 Å². The lowest BCUT2D eigenvalue weighted by atomic mass is 9.95. The quantitative estimate of drug-likeness (QED) is 0.466. The van der Waals surface area contributed by atoms with E-state index in [4.69, 9.17) is 23.2 Å². The zero-order valence-electron chi connectivity index (χ0n) is 13.4. The van der Waals surface area contributed by atoms with Crippen LogP contribution >= 0.6 is 46.3 Å². The number of nitrogens with zero attached hydrogens (tertiary/aromatic N) is 3. The van der Waals surface area contributed by atoms with Crippen molar-refractivity contribution in [1.82, 2.24) is 15.2 Å². The number of amides is 1. The van der Waals surface area contributed by atoms with Crippen molar-refractivity contribution in [2.24, 2.45) is 5.41 Å². The average Bonchev–Trinajstić information content (AvgIpc) is 3.01. The third kappa shape index (κ3) is 4.23. The van der Waals surface area contributed by atoms with Crippen LogP contribution in [0.2, 0.25) is 5.02 Å². The molecular weight excluding hydrogens is 399 g/mol. The first-order valence-electron chi connectivity index (χ1n) is 7.32. The van der Waals surface area contributed by atoms with E-state index in [1.807, 2.05) is 24.3 Å². The molecule has 0 atom stereocenters. The van der Waals surface area contributed by atoms with Crippen LogP contribution in [0, 0.1) is 5.41 Å². The molecule has 0 aliphatic heterocycles. The van der Waals surface area contributed by atoms with Gasteiger partial charge >= 0.3 is 0 Å². The molecule has 0 saturated heterocycles. The monoisotopic (exact) mass is 412 g/mol. The fraction of sp³-hybridized carbons (Fsp3) is 0.250. The summed E-state index contributed by atoms with van der Waals surface area (Å²) in [6.07, 6.45) is 1.73. The van der Waals surface area contributed by atoms with Crippen molar-refractivity contribution in [3.63, 3.8) is 0 Å². The maximum absolute atomic E-state index is 12.2. The third-order valence-corrected chi connectivity index (χ3v) is 6.31. The Hall–Kier alpha value is -1.41. The molecule has 0 aliphatic rings. The maximum Gasteiger partial charge on any atom is 0.233 e. The summed E-state index contributed by atoms with van der Waals surface area (Å²) in [4.78, 5) is 17.5. The third-order valence-electron chi connectivity index (χ3n) is 3.44. The average molecular weight is 413 g/mol. The summed E-state index contributed by atoms with van der Waals surface area (Å²) in [6, 6.07) is 7.49. The molecule has 1 aromatic carbocycles. The SMILES string of the molecule is CC(C)(CCl)C(=O)Nc1nnc(Sc2ccnc3cc(Cl)ccc23)s1. The number of rotatable bonds is 5. The Morgan fingerprint density at radius 3 is 2.88 bits per heavy atom. The molecule has 0 unspecified atom stereocenters. The second kappa shape index (κ2) is 7.45. The van der Waals surface area contributed by atoms with Crippen molar-refractivity contribution in [3.8, 4) is 0 Å². The minimum Gasteiger partial charge on any atom is -0.300 e. The molecule has 2 aromatic heterocycles. The number of hydrogen-bond donors (Lipinski definition) is 1. The molecule has 0 saturated carbocycles. The van der Waals surface area contributed by atoms with Gasteiger partial charge in [-0.15, -0.1) is 21.8 Å². The Morgan fingerprint density at radius 1 is 1.32 bits per heavy atom. The molecule has 1 N–H and O–H groups in total. The molecule has 3 aromatic rings. The van der Waals surface area contributed by atoms with Crippen molar-refractivity contribution in [3.05, 3.63) is 35.5 Å². The summed E-state index contributed by atoms with van der Waals surface area (Å²) in [5.74, 6) is 0.0457. The van der Waals surface area contributed by atoms with Gasteiger partial charge in [-0.2, -0.15) is 0 Å². The predicted octanol–water partition coefficient (Wildman–Crippen LogP) is 5.09. The van der Waals surface area contributed by atoms with Crippen molar-refractivity contribution >= 4 is 68.2 Å². The summed E-state index contributed by atoms with van der Waals surface area (Å²) in [7, 11) is 0. The summed E-state index contributed by atoms with van der Waals surface area (Å²) >= 11 is 14.6. The number of halogens is 2. The second-order valence-corrected chi connectivity index (χ2v) is 8.89. The molecule has 2 heterocycles. The van der Waals surface area contributed by atoms with Crippen LogP contribution in [0.3, 0.4) is 0 Å². The molecule has 0 fully saturated rings. The maximum atomic E-state index is 12.2. The van der Waals surface area contributed by atoms with Gasteiger partial charge in [-0.1, -0.05) is 40.8 Å². The zero-order valence-corrected chi connectivity index (χ0v) is 16.6. The van der Waals surface area contributed by atoms with Crippen LogP contribution in [-0.4, -0.2) is 27.0 Å². The number of alkyl halides is 1. The van der Waals surface area contributed by atoms with E-state index in [1.54, 1.807) is 20.0 Å². The van der Waals surface area contributed by atoms with E-state index in [1.165, 1.54) is 23.1 Å². The Morgan fingerprint density at radius 2 is 2.12 bits per heavy atom. The summed E-state index contributed by atoms with van der Waals surface area (Å²) in [6.45, 7) is 3.56. The molecule has 0 aliphatic carbocycles. The highest BCUT2D eigenvalue weighted by Gasteiger charge is 2.27. The number of aromatic nitrogens is 3. The van der Waals surface area contributed by atoms with Crippen LogP contribution in [0.25, 0.3) is 10.9 Å².